The minimum Gasteiger partial charge on any atom is -0.457 e. The van der Waals surface area contributed by atoms with Crippen LogP contribution in [0.2, 0.25) is 0 Å². The molecule has 0 unspecified atom stereocenters. The fourth-order valence-corrected chi connectivity index (χ4v) is 1.59. The van der Waals surface area contributed by atoms with Crippen LogP contribution in [0.25, 0.3) is 0 Å². The lowest BCUT2D eigenvalue weighted by Gasteiger charge is -2.06. The SMILES string of the molecule is [CH2]CCc1cccc(Oc2ccccc2)c1. The Kier molecular flexibility index (Phi) is 3.60. The molecule has 0 aliphatic heterocycles. The van der Waals surface area contributed by atoms with Crippen molar-refractivity contribution in [2.24, 2.45) is 0 Å². The van der Waals surface area contributed by atoms with Crippen LogP contribution in [0.3, 0.4) is 0 Å². The van der Waals surface area contributed by atoms with Gasteiger partial charge in [0, 0.05) is 0 Å². The van der Waals surface area contributed by atoms with E-state index in [0.29, 0.717) is 0 Å². The first-order chi connectivity index (χ1) is 7.88. The van der Waals surface area contributed by atoms with Crippen LogP contribution < -0.4 is 4.74 Å². The normalized spacial score (nSPS) is 10.1. The van der Waals surface area contributed by atoms with Gasteiger partial charge in [0.05, 0.1) is 0 Å². The van der Waals surface area contributed by atoms with Gasteiger partial charge in [0.2, 0.25) is 0 Å². The molecule has 2 rings (SSSR count). The molecule has 0 fully saturated rings. The highest BCUT2D eigenvalue weighted by molar-refractivity contribution is 5.33. The summed E-state index contributed by atoms with van der Waals surface area (Å²) in [5.74, 6) is 1.76. The fourth-order valence-electron chi connectivity index (χ4n) is 1.59. The summed E-state index contributed by atoms with van der Waals surface area (Å²) in [4.78, 5) is 0. The summed E-state index contributed by atoms with van der Waals surface area (Å²) in [6.07, 6.45) is 1.90. The summed E-state index contributed by atoms with van der Waals surface area (Å²) in [7, 11) is 0. The lowest BCUT2D eigenvalue weighted by Crippen LogP contribution is -1.87. The Bertz CT molecular complexity index is 434. The lowest BCUT2D eigenvalue weighted by molar-refractivity contribution is 0.482. The van der Waals surface area contributed by atoms with Gasteiger partial charge in [-0.2, -0.15) is 0 Å². The highest BCUT2D eigenvalue weighted by atomic mass is 16.5. The van der Waals surface area contributed by atoms with Crippen molar-refractivity contribution in [2.75, 3.05) is 0 Å². The van der Waals surface area contributed by atoms with E-state index in [2.05, 4.69) is 19.1 Å². The van der Waals surface area contributed by atoms with E-state index in [1.54, 1.807) is 0 Å². The second-order valence-electron chi connectivity index (χ2n) is 3.67. The quantitative estimate of drug-likeness (QED) is 0.734. The van der Waals surface area contributed by atoms with E-state index in [1.807, 2.05) is 42.5 Å². The predicted molar refractivity (Wildman–Crippen MR) is 66.6 cm³/mol. The number of rotatable bonds is 4. The van der Waals surface area contributed by atoms with Crippen LogP contribution in [0, 0.1) is 6.92 Å². The summed E-state index contributed by atoms with van der Waals surface area (Å²) >= 11 is 0. The molecule has 2 aromatic rings. The molecule has 0 heterocycles. The van der Waals surface area contributed by atoms with Crippen molar-refractivity contribution in [3.63, 3.8) is 0 Å². The maximum atomic E-state index is 5.74. The Morgan fingerprint density at radius 3 is 2.38 bits per heavy atom. The first kappa shape index (κ1) is 10.7. The third-order valence-corrected chi connectivity index (χ3v) is 2.34. The van der Waals surface area contributed by atoms with Gasteiger partial charge in [0.15, 0.2) is 0 Å². The Morgan fingerprint density at radius 1 is 0.875 bits per heavy atom. The molecule has 2 aromatic carbocycles. The van der Waals surface area contributed by atoms with Gasteiger partial charge in [-0.15, -0.1) is 0 Å². The maximum absolute atomic E-state index is 5.74. The average Bonchev–Trinajstić information content (AvgIpc) is 2.31. The molecule has 16 heavy (non-hydrogen) atoms. The van der Waals surface area contributed by atoms with Crippen LogP contribution in [0.1, 0.15) is 12.0 Å². The fraction of sp³-hybridized carbons (Fsp3) is 0.133. The summed E-state index contributed by atoms with van der Waals surface area (Å²) < 4.78 is 5.74. The van der Waals surface area contributed by atoms with E-state index in [9.17, 15) is 0 Å². The number of aryl methyl sites for hydroxylation is 1. The summed E-state index contributed by atoms with van der Waals surface area (Å²) in [5.41, 5.74) is 1.27. The molecule has 0 saturated heterocycles. The summed E-state index contributed by atoms with van der Waals surface area (Å²) in [5, 5.41) is 0. The maximum Gasteiger partial charge on any atom is 0.127 e. The van der Waals surface area contributed by atoms with Crippen molar-refractivity contribution in [1.82, 2.24) is 0 Å². The van der Waals surface area contributed by atoms with E-state index < -0.39 is 0 Å². The van der Waals surface area contributed by atoms with Gasteiger partial charge in [-0.05, 0) is 42.7 Å². The molecule has 0 aliphatic rings. The zero-order valence-corrected chi connectivity index (χ0v) is 9.23. The molecule has 0 spiro atoms. The van der Waals surface area contributed by atoms with Gasteiger partial charge < -0.3 is 4.74 Å². The van der Waals surface area contributed by atoms with E-state index >= 15 is 0 Å². The van der Waals surface area contributed by atoms with E-state index in [0.717, 1.165) is 24.3 Å². The standard InChI is InChI=1S/C15H15O/c1-2-7-13-8-6-11-15(12-13)16-14-9-4-3-5-10-14/h3-6,8-12H,1-2,7H2. The van der Waals surface area contributed by atoms with Crippen molar-refractivity contribution in [2.45, 2.75) is 12.8 Å². The van der Waals surface area contributed by atoms with Gasteiger partial charge in [-0.3, -0.25) is 0 Å². The monoisotopic (exact) mass is 211 g/mol. The molecule has 0 aliphatic carbocycles. The van der Waals surface area contributed by atoms with E-state index in [1.165, 1.54) is 5.56 Å². The Labute approximate surface area is 96.7 Å². The Morgan fingerprint density at radius 2 is 1.62 bits per heavy atom. The van der Waals surface area contributed by atoms with Gasteiger partial charge in [-0.1, -0.05) is 37.3 Å². The van der Waals surface area contributed by atoms with Crippen molar-refractivity contribution >= 4 is 0 Å². The second-order valence-corrected chi connectivity index (χ2v) is 3.67. The average molecular weight is 211 g/mol. The van der Waals surface area contributed by atoms with Gasteiger partial charge in [-0.25, -0.2) is 0 Å². The predicted octanol–water partition coefficient (Wildman–Crippen LogP) is 4.25. The minimum absolute atomic E-state index is 0.870. The molecule has 0 aromatic heterocycles. The van der Waals surface area contributed by atoms with Gasteiger partial charge >= 0.3 is 0 Å². The topological polar surface area (TPSA) is 9.23 Å². The molecule has 0 amide bonds. The van der Waals surface area contributed by atoms with Crippen LogP contribution in [-0.2, 0) is 6.42 Å². The number of hydrogen-bond acceptors (Lipinski definition) is 1. The molecular formula is C15H15O. The molecule has 0 N–H and O–H groups in total. The zero-order chi connectivity index (χ0) is 11.2. The van der Waals surface area contributed by atoms with Crippen LogP contribution in [0.4, 0.5) is 0 Å². The molecule has 1 heteroatoms. The smallest absolute Gasteiger partial charge is 0.127 e. The van der Waals surface area contributed by atoms with E-state index in [-0.39, 0.29) is 0 Å². The van der Waals surface area contributed by atoms with E-state index in [4.69, 9.17) is 4.74 Å². The van der Waals surface area contributed by atoms with Crippen molar-refractivity contribution in [1.29, 1.82) is 0 Å². The van der Waals surface area contributed by atoms with Crippen LogP contribution in [-0.4, -0.2) is 0 Å². The lowest BCUT2D eigenvalue weighted by atomic mass is 10.1. The third-order valence-electron chi connectivity index (χ3n) is 2.34. The van der Waals surface area contributed by atoms with Gasteiger partial charge in [0.25, 0.3) is 0 Å². The number of ether oxygens (including phenoxy) is 1. The third kappa shape index (κ3) is 2.86. The second kappa shape index (κ2) is 5.36. The molecule has 81 valence electrons. The molecule has 0 atom stereocenters. The highest BCUT2D eigenvalue weighted by Gasteiger charge is 1.97. The highest BCUT2D eigenvalue weighted by Crippen LogP contribution is 2.22. The molecule has 0 bridgehead atoms. The summed E-state index contributed by atoms with van der Waals surface area (Å²) in [6, 6.07) is 18.0. The number of hydrogen-bond donors (Lipinski definition) is 0. The largest absolute Gasteiger partial charge is 0.457 e. The van der Waals surface area contributed by atoms with Crippen molar-refractivity contribution in [3.05, 3.63) is 67.1 Å². The van der Waals surface area contributed by atoms with Crippen molar-refractivity contribution in [3.8, 4) is 11.5 Å². The van der Waals surface area contributed by atoms with Crippen molar-refractivity contribution < 1.29 is 4.74 Å². The Hall–Kier alpha value is -1.76. The first-order valence-corrected chi connectivity index (χ1v) is 5.49. The molecule has 1 nitrogen and oxygen atoms in total. The van der Waals surface area contributed by atoms with Crippen LogP contribution >= 0.6 is 0 Å². The summed E-state index contributed by atoms with van der Waals surface area (Å²) in [6.45, 7) is 3.85. The van der Waals surface area contributed by atoms with Gasteiger partial charge in [0.1, 0.15) is 11.5 Å². The van der Waals surface area contributed by atoms with Crippen LogP contribution in [0.5, 0.6) is 11.5 Å². The minimum atomic E-state index is 0.870. The molecular weight excluding hydrogens is 196 g/mol. The number of benzene rings is 2. The zero-order valence-electron chi connectivity index (χ0n) is 9.23. The van der Waals surface area contributed by atoms with Crippen LogP contribution in [0.15, 0.2) is 54.6 Å². The molecule has 0 saturated carbocycles. The molecule has 1 radical (unpaired) electrons. The Balaban J connectivity index is 2.12. The first-order valence-electron chi connectivity index (χ1n) is 5.49. The number of para-hydroxylation sites is 1.